The second-order valence-electron chi connectivity index (χ2n) is 8.90. The average molecular weight is 527 g/mol. The number of hydrogen-bond acceptors (Lipinski definition) is 7. The number of fused-ring (bicyclic) bond motifs is 1. The first-order valence-electron chi connectivity index (χ1n) is 12.0. The summed E-state index contributed by atoms with van der Waals surface area (Å²) in [6.45, 7) is 4.05. The third kappa shape index (κ3) is 6.03. The Kier molecular flexibility index (Phi) is 7.99. The minimum atomic E-state index is -3.69. The van der Waals surface area contributed by atoms with E-state index in [0.717, 1.165) is 10.8 Å². The van der Waals surface area contributed by atoms with E-state index in [1.165, 1.54) is 22.4 Å². The van der Waals surface area contributed by atoms with E-state index in [4.69, 9.17) is 14.2 Å². The molecule has 37 heavy (non-hydrogen) atoms. The molecule has 10 heteroatoms. The minimum Gasteiger partial charge on any atom is -0.493 e. The Morgan fingerprint density at radius 3 is 2.27 bits per heavy atom. The van der Waals surface area contributed by atoms with Crippen molar-refractivity contribution in [3.63, 3.8) is 0 Å². The lowest BCUT2D eigenvalue weighted by atomic mass is 10.1. The molecule has 0 unspecified atom stereocenters. The van der Waals surface area contributed by atoms with Crippen molar-refractivity contribution < 1.29 is 32.2 Å². The van der Waals surface area contributed by atoms with E-state index in [0.29, 0.717) is 11.5 Å². The van der Waals surface area contributed by atoms with E-state index in [1.807, 2.05) is 38.1 Å². The van der Waals surface area contributed by atoms with Crippen molar-refractivity contribution in [2.75, 3.05) is 39.9 Å². The number of sulfonamides is 1. The summed E-state index contributed by atoms with van der Waals surface area (Å²) >= 11 is 0. The van der Waals surface area contributed by atoms with Gasteiger partial charge in [0.15, 0.2) is 18.1 Å². The molecule has 0 bridgehead atoms. The van der Waals surface area contributed by atoms with Crippen LogP contribution < -0.4 is 9.47 Å². The van der Waals surface area contributed by atoms with Gasteiger partial charge in [-0.1, -0.05) is 30.3 Å². The summed E-state index contributed by atoms with van der Waals surface area (Å²) in [7, 11) is -2.22. The zero-order valence-corrected chi connectivity index (χ0v) is 21.9. The van der Waals surface area contributed by atoms with Crippen LogP contribution in [0.2, 0.25) is 0 Å². The van der Waals surface area contributed by atoms with Crippen molar-refractivity contribution in [3.8, 4) is 11.5 Å². The molecular weight excluding hydrogens is 496 g/mol. The molecule has 1 saturated heterocycles. The first kappa shape index (κ1) is 26.4. The molecule has 3 aromatic carbocycles. The Morgan fingerprint density at radius 2 is 1.59 bits per heavy atom. The van der Waals surface area contributed by atoms with Crippen molar-refractivity contribution in [2.24, 2.45) is 0 Å². The summed E-state index contributed by atoms with van der Waals surface area (Å²) in [5, 5.41) is 1.81. The van der Waals surface area contributed by atoms with Gasteiger partial charge in [-0.05, 0) is 55.0 Å². The van der Waals surface area contributed by atoms with Crippen LogP contribution >= 0.6 is 0 Å². The maximum Gasteiger partial charge on any atom is 0.338 e. The van der Waals surface area contributed by atoms with Gasteiger partial charge in [-0.2, -0.15) is 4.31 Å². The quantitative estimate of drug-likeness (QED) is 0.415. The zero-order valence-electron chi connectivity index (χ0n) is 21.0. The molecule has 0 aromatic heterocycles. The number of carbonyl (C=O) groups excluding carboxylic acids is 2. The fraction of sp³-hybridized carbons (Fsp3) is 0.333. The number of rotatable bonds is 8. The van der Waals surface area contributed by atoms with E-state index in [9.17, 15) is 18.0 Å². The molecule has 1 amide bonds. The van der Waals surface area contributed by atoms with E-state index < -0.39 is 22.6 Å². The highest BCUT2D eigenvalue weighted by molar-refractivity contribution is 7.89. The highest BCUT2D eigenvalue weighted by Crippen LogP contribution is 2.29. The fourth-order valence-electron chi connectivity index (χ4n) is 4.10. The first-order valence-corrected chi connectivity index (χ1v) is 13.4. The molecular formula is C27H30N2O7S. The lowest BCUT2D eigenvalue weighted by molar-refractivity contribution is -0.135. The van der Waals surface area contributed by atoms with E-state index in [1.54, 1.807) is 30.3 Å². The second-order valence-corrected chi connectivity index (χ2v) is 10.8. The summed E-state index contributed by atoms with van der Waals surface area (Å²) in [5.74, 6) is -0.164. The van der Waals surface area contributed by atoms with Crippen LogP contribution in [0.5, 0.6) is 11.5 Å². The summed E-state index contributed by atoms with van der Waals surface area (Å²) in [5.41, 5.74) is 0.229. The molecule has 9 nitrogen and oxygen atoms in total. The first-order chi connectivity index (χ1) is 17.7. The van der Waals surface area contributed by atoms with Gasteiger partial charge in [0.1, 0.15) is 0 Å². The van der Waals surface area contributed by atoms with Crippen molar-refractivity contribution in [1.82, 2.24) is 9.21 Å². The second kappa shape index (κ2) is 11.2. The van der Waals surface area contributed by atoms with Crippen LogP contribution in [0, 0.1) is 0 Å². The van der Waals surface area contributed by atoms with Gasteiger partial charge < -0.3 is 19.1 Å². The van der Waals surface area contributed by atoms with Gasteiger partial charge in [0, 0.05) is 26.2 Å². The Bertz CT molecular complexity index is 1400. The smallest absolute Gasteiger partial charge is 0.338 e. The van der Waals surface area contributed by atoms with E-state index in [2.05, 4.69) is 0 Å². The molecule has 3 aromatic rings. The molecule has 4 rings (SSSR count). The predicted molar refractivity (Wildman–Crippen MR) is 138 cm³/mol. The van der Waals surface area contributed by atoms with E-state index in [-0.39, 0.29) is 48.6 Å². The molecule has 1 fully saturated rings. The van der Waals surface area contributed by atoms with Gasteiger partial charge in [-0.15, -0.1) is 0 Å². The Labute approximate surface area is 216 Å². The summed E-state index contributed by atoms with van der Waals surface area (Å²) < 4.78 is 43.8. The zero-order chi connectivity index (χ0) is 26.6. The molecule has 0 spiro atoms. The Hall–Kier alpha value is -3.63. The monoisotopic (exact) mass is 526 g/mol. The summed E-state index contributed by atoms with van der Waals surface area (Å²) in [6.07, 6.45) is -0.0626. The van der Waals surface area contributed by atoms with Crippen molar-refractivity contribution in [2.45, 2.75) is 24.8 Å². The van der Waals surface area contributed by atoms with Gasteiger partial charge in [-0.3, -0.25) is 4.79 Å². The maximum absolute atomic E-state index is 13.1. The SMILES string of the molecule is COc1cc(C(=O)OCC(=O)N2CCN(S(=O)(=O)c3ccc4ccccc4c3)CC2)ccc1OC(C)C. The normalized spacial score (nSPS) is 14.5. The molecule has 0 atom stereocenters. The highest BCUT2D eigenvalue weighted by atomic mass is 32.2. The minimum absolute atomic E-state index is 0.0626. The molecule has 196 valence electrons. The van der Waals surface area contributed by atoms with Gasteiger partial charge >= 0.3 is 5.97 Å². The summed E-state index contributed by atoms with van der Waals surface area (Å²) in [6, 6.07) is 17.3. The lowest BCUT2D eigenvalue weighted by Gasteiger charge is -2.33. The van der Waals surface area contributed by atoms with Gasteiger partial charge in [0.2, 0.25) is 10.0 Å². The number of esters is 1. The highest BCUT2D eigenvalue weighted by Gasteiger charge is 2.30. The van der Waals surface area contributed by atoms with Gasteiger partial charge in [0.25, 0.3) is 5.91 Å². The Balaban J connectivity index is 1.32. The molecule has 1 aliphatic heterocycles. The van der Waals surface area contributed by atoms with Crippen molar-refractivity contribution >= 4 is 32.7 Å². The molecule has 0 radical (unpaired) electrons. The van der Waals surface area contributed by atoms with Crippen molar-refractivity contribution in [3.05, 3.63) is 66.2 Å². The van der Waals surface area contributed by atoms with Gasteiger partial charge in [-0.25, -0.2) is 13.2 Å². The molecule has 1 aliphatic rings. The topological polar surface area (TPSA) is 102 Å². The number of benzene rings is 3. The number of nitrogens with zero attached hydrogens (tertiary/aromatic N) is 2. The number of carbonyl (C=O) groups is 2. The third-order valence-electron chi connectivity index (χ3n) is 6.04. The van der Waals surface area contributed by atoms with E-state index >= 15 is 0 Å². The Morgan fingerprint density at radius 1 is 0.892 bits per heavy atom. The van der Waals surface area contributed by atoms with Crippen LogP contribution in [-0.4, -0.2) is 75.5 Å². The van der Waals surface area contributed by atoms with Crippen LogP contribution in [0.4, 0.5) is 0 Å². The number of methoxy groups -OCH3 is 1. The summed E-state index contributed by atoms with van der Waals surface area (Å²) in [4.78, 5) is 26.9. The lowest BCUT2D eigenvalue weighted by Crippen LogP contribution is -2.51. The van der Waals surface area contributed by atoms with Crippen molar-refractivity contribution in [1.29, 1.82) is 0 Å². The van der Waals surface area contributed by atoms with Crippen LogP contribution in [0.15, 0.2) is 65.6 Å². The van der Waals surface area contributed by atoms with Crippen LogP contribution in [0.25, 0.3) is 10.8 Å². The number of hydrogen-bond donors (Lipinski definition) is 0. The fourth-order valence-corrected chi connectivity index (χ4v) is 5.56. The standard InChI is InChI=1S/C27H30N2O7S/c1-19(2)36-24-11-9-22(17-25(24)34-3)27(31)35-18-26(30)28-12-14-29(15-13-28)37(32,33)23-10-8-20-6-4-5-7-21(20)16-23/h4-11,16-17,19H,12-15,18H2,1-3H3. The molecule has 0 N–H and O–H groups in total. The number of amides is 1. The maximum atomic E-state index is 13.1. The van der Waals surface area contributed by atoms with Gasteiger partial charge in [0.05, 0.1) is 23.7 Å². The third-order valence-corrected chi connectivity index (χ3v) is 7.93. The molecule has 0 saturated carbocycles. The molecule has 1 heterocycles. The largest absolute Gasteiger partial charge is 0.493 e. The number of ether oxygens (including phenoxy) is 3. The van der Waals surface area contributed by atoms with Crippen LogP contribution in [0.1, 0.15) is 24.2 Å². The predicted octanol–water partition coefficient (Wildman–Crippen LogP) is 3.33. The number of piperazine rings is 1. The van der Waals surface area contributed by atoms with Crippen LogP contribution in [-0.2, 0) is 19.6 Å². The molecule has 0 aliphatic carbocycles. The van der Waals surface area contributed by atoms with Crippen LogP contribution in [0.3, 0.4) is 0 Å². The average Bonchev–Trinajstić information content (AvgIpc) is 2.91.